The van der Waals surface area contributed by atoms with Crippen LogP contribution in [0.2, 0.25) is 0 Å². The molecule has 0 saturated heterocycles. The first kappa shape index (κ1) is 8.65. The Balaban J connectivity index is -0.000000163. The van der Waals surface area contributed by atoms with Gasteiger partial charge in [-0.1, -0.05) is 13.8 Å². The van der Waals surface area contributed by atoms with E-state index in [1.807, 2.05) is 0 Å². The monoisotopic (exact) mass is 158 g/mol. The summed E-state index contributed by atoms with van der Waals surface area (Å²) in [6.07, 6.45) is 0. The van der Waals surface area contributed by atoms with Crippen molar-refractivity contribution in [1.29, 1.82) is 0 Å². The van der Waals surface area contributed by atoms with Crippen molar-refractivity contribution in [3.8, 4) is 0 Å². The quantitative estimate of drug-likeness (QED) is 0.508. The molecule has 1 heterocycles. The molecule has 0 saturated carbocycles. The fraction of sp³-hybridized carbons (Fsp3) is 0.333. The molecular weight excluding hydrogens is 148 g/mol. The van der Waals surface area contributed by atoms with Gasteiger partial charge in [-0.15, -0.1) is 0 Å². The summed E-state index contributed by atoms with van der Waals surface area (Å²) in [6, 6.07) is 0. The zero-order valence-corrected chi connectivity index (χ0v) is 7.96. The van der Waals surface area contributed by atoms with E-state index in [1.165, 1.54) is 11.1 Å². The largest absolute Gasteiger partial charge is 3.00 e. The molecular formula is C6H10PSc. The van der Waals surface area contributed by atoms with Crippen molar-refractivity contribution < 1.29 is 28.7 Å². The van der Waals surface area contributed by atoms with Crippen LogP contribution in [0.25, 0.3) is 0 Å². The van der Waals surface area contributed by atoms with E-state index in [9.17, 15) is 0 Å². The third-order valence-corrected chi connectivity index (χ3v) is 2.24. The Hall–Kier alpha value is 0.650. The summed E-state index contributed by atoms with van der Waals surface area (Å²) in [5, 5.41) is 0. The first-order chi connectivity index (χ1) is 3.30. The first-order valence-electron chi connectivity index (χ1n) is 2.33. The predicted molar refractivity (Wildman–Crippen MR) is 36.5 cm³/mol. The standard InChI is InChI=1S/C6H8P.Sc.2H/c1-5-3-7-4-6(5)2;;;/h3,7H,1-2H3;;;/q-1;+3;2*-1. The minimum absolute atomic E-state index is 0. The molecule has 0 aliphatic heterocycles. The molecule has 1 aromatic heterocycles. The molecule has 0 nitrogen and oxygen atoms in total. The van der Waals surface area contributed by atoms with Gasteiger partial charge in [0, 0.05) is 0 Å². The van der Waals surface area contributed by atoms with Gasteiger partial charge in [0.15, 0.2) is 0 Å². The Bertz CT molecular complexity index is 148. The number of hydrogen-bond donors (Lipinski definition) is 0. The minimum atomic E-state index is 0. The van der Waals surface area contributed by atoms with Gasteiger partial charge in [0.2, 0.25) is 0 Å². The van der Waals surface area contributed by atoms with Gasteiger partial charge in [-0.25, -0.2) is 0 Å². The van der Waals surface area contributed by atoms with Crippen LogP contribution in [0.4, 0.5) is 0 Å². The van der Waals surface area contributed by atoms with E-state index in [0.717, 1.165) is 8.19 Å². The minimum Gasteiger partial charge on any atom is -1.00 e. The van der Waals surface area contributed by atoms with E-state index < -0.39 is 0 Å². The van der Waals surface area contributed by atoms with Gasteiger partial charge in [0.1, 0.15) is 0 Å². The second-order valence-corrected chi connectivity index (χ2v) is 2.55. The third kappa shape index (κ3) is 1.87. The van der Waals surface area contributed by atoms with Crippen molar-refractivity contribution in [2.45, 2.75) is 13.8 Å². The van der Waals surface area contributed by atoms with Gasteiger partial charge in [-0.05, 0) is 0 Å². The molecule has 0 spiro atoms. The van der Waals surface area contributed by atoms with E-state index in [1.54, 1.807) is 0 Å². The molecule has 0 bridgehead atoms. The van der Waals surface area contributed by atoms with Crippen LogP contribution >= 0.6 is 8.19 Å². The normalized spacial score (nSPS) is 9.25. The maximum atomic E-state index is 3.22. The average molecular weight is 158 g/mol. The summed E-state index contributed by atoms with van der Waals surface area (Å²) >= 11 is 0. The van der Waals surface area contributed by atoms with Gasteiger partial charge < -0.3 is 2.85 Å². The molecule has 1 unspecified atom stereocenters. The van der Waals surface area contributed by atoms with Gasteiger partial charge in [-0.3, -0.25) is 8.19 Å². The second kappa shape index (κ2) is 3.63. The fourth-order valence-electron chi connectivity index (χ4n) is 0.459. The summed E-state index contributed by atoms with van der Waals surface area (Å²) in [5.41, 5.74) is 2.73. The zero-order chi connectivity index (χ0) is 5.28. The predicted octanol–water partition coefficient (Wildman–Crippen LogP) is 2.36. The van der Waals surface area contributed by atoms with Crippen LogP contribution in [0, 0.1) is 19.6 Å². The topological polar surface area (TPSA) is 0 Å². The van der Waals surface area contributed by atoms with Gasteiger partial charge in [0.25, 0.3) is 0 Å². The van der Waals surface area contributed by atoms with Crippen LogP contribution in [0.1, 0.15) is 14.0 Å². The van der Waals surface area contributed by atoms with Crippen molar-refractivity contribution in [1.82, 2.24) is 0 Å². The Kier molecular flexibility index (Phi) is 3.93. The van der Waals surface area contributed by atoms with Crippen LogP contribution in [0.5, 0.6) is 0 Å². The maximum absolute atomic E-state index is 3.22. The molecule has 0 aromatic carbocycles. The van der Waals surface area contributed by atoms with E-state index in [2.05, 4.69) is 25.4 Å². The van der Waals surface area contributed by atoms with Crippen LogP contribution in [-0.4, -0.2) is 0 Å². The Morgan fingerprint density at radius 3 is 2.38 bits per heavy atom. The zero-order valence-electron chi connectivity index (χ0n) is 7.15. The van der Waals surface area contributed by atoms with Gasteiger partial charge >= 0.3 is 25.8 Å². The molecule has 0 fully saturated rings. The van der Waals surface area contributed by atoms with E-state index in [-0.39, 0.29) is 28.7 Å². The smallest absolute Gasteiger partial charge is 1.00 e. The fourth-order valence-corrected chi connectivity index (χ4v) is 1.38. The SMILES string of the molecule is Cc1[c-][pH]cc1C.[H-].[H-].[Sc+3]. The summed E-state index contributed by atoms with van der Waals surface area (Å²) < 4.78 is 0. The van der Waals surface area contributed by atoms with Crippen molar-refractivity contribution >= 4 is 8.19 Å². The molecule has 0 aliphatic carbocycles. The molecule has 2 heteroatoms. The summed E-state index contributed by atoms with van der Waals surface area (Å²) in [6.45, 7) is 4.23. The summed E-state index contributed by atoms with van der Waals surface area (Å²) in [7, 11) is 0.820. The van der Waals surface area contributed by atoms with Crippen LogP contribution in [0.15, 0.2) is 5.80 Å². The third-order valence-electron chi connectivity index (χ3n) is 1.14. The first-order valence-corrected chi connectivity index (χ1v) is 3.40. The molecule has 1 rings (SSSR count). The maximum Gasteiger partial charge on any atom is 3.00 e. The van der Waals surface area contributed by atoms with Crippen LogP contribution < -0.4 is 0 Å². The number of hydrogen-bond acceptors (Lipinski definition) is 0. The van der Waals surface area contributed by atoms with Crippen molar-refractivity contribution in [3.05, 3.63) is 22.7 Å². The van der Waals surface area contributed by atoms with E-state index in [4.69, 9.17) is 0 Å². The van der Waals surface area contributed by atoms with Crippen LogP contribution in [0.3, 0.4) is 0 Å². The Labute approximate surface area is 73.5 Å². The molecule has 1 aromatic rings. The molecule has 1 atom stereocenters. The summed E-state index contributed by atoms with van der Waals surface area (Å²) in [4.78, 5) is 0. The average Bonchev–Trinajstić information content (AvgIpc) is 1.91. The molecule has 0 amide bonds. The molecule has 0 aliphatic rings. The van der Waals surface area contributed by atoms with E-state index in [0.29, 0.717) is 0 Å². The van der Waals surface area contributed by atoms with Gasteiger partial charge in [0.05, 0.1) is 0 Å². The Morgan fingerprint density at radius 2 is 2.25 bits per heavy atom. The number of aryl methyl sites for hydroxylation is 2. The van der Waals surface area contributed by atoms with Crippen LogP contribution in [-0.2, 0) is 25.8 Å². The molecule has 0 radical (unpaired) electrons. The number of rotatable bonds is 0. The summed E-state index contributed by atoms with van der Waals surface area (Å²) in [5.74, 6) is 5.44. The van der Waals surface area contributed by atoms with Crippen molar-refractivity contribution in [2.75, 3.05) is 0 Å². The van der Waals surface area contributed by atoms with Crippen molar-refractivity contribution in [2.24, 2.45) is 0 Å². The van der Waals surface area contributed by atoms with Gasteiger partial charge in [-0.2, -0.15) is 22.7 Å². The molecule has 42 valence electrons. The molecule has 0 N–H and O–H groups in total. The molecule has 8 heavy (non-hydrogen) atoms. The Morgan fingerprint density at radius 1 is 1.62 bits per heavy atom. The van der Waals surface area contributed by atoms with Crippen molar-refractivity contribution in [3.63, 3.8) is 0 Å². The van der Waals surface area contributed by atoms with E-state index >= 15 is 0 Å². The second-order valence-electron chi connectivity index (χ2n) is 1.72.